The van der Waals surface area contributed by atoms with Crippen LogP contribution in [0.5, 0.6) is 5.75 Å². The summed E-state index contributed by atoms with van der Waals surface area (Å²) in [5.41, 5.74) is 1.18. The lowest BCUT2D eigenvalue weighted by Gasteiger charge is -2.35. The number of hydrogen-bond donors (Lipinski definition) is 3. The first-order valence-corrected chi connectivity index (χ1v) is 19.1. The van der Waals surface area contributed by atoms with Crippen molar-refractivity contribution in [2.24, 2.45) is 0 Å². The molecule has 17 heteroatoms. The summed E-state index contributed by atoms with van der Waals surface area (Å²) in [4.78, 5) is 62.2. The highest BCUT2D eigenvalue weighted by atomic mass is 19.4. The van der Waals surface area contributed by atoms with Gasteiger partial charge in [0.2, 0.25) is 17.7 Å². The number of anilines is 2. The maximum absolute atomic E-state index is 15.2. The molecule has 4 amide bonds. The second kappa shape index (κ2) is 16.5. The first-order valence-electron chi connectivity index (χ1n) is 19.1. The van der Waals surface area contributed by atoms with Crippen LogP contribution in [0.25, 0.3) is 5.65 Å². The predicted octanol–water partition coefficient (Wildman–Crippen LogP) is 5.73. The van der Waals surface area contributed by atoms with Crippen molar-refractivity contribution in [3.8, 4) is 5.75 Å². The number of halogens is 4. The zero-order chi connectivity index (χ0) is 40.4. The normalized spacial score (nSPS) is 18.9. The fourth-order valence-electron chi connectivity index (χ4n) is 7.68. The van der Waals surface area contributed by atoms with E-state index in [0.29, 0.717) is 68.1 Å². The van der Waals surface area contributed by atoms with E-state index in [2.05, 4.69) is 25.8 Å². The number of benzene rings is 1. The number of likely N-dealkylation sites (tertiary alicyclic amines) is 2. The lowest BCUT2D eigenvalue weighted by molar-refractivity contribution is -0.141. The van der Waals surface area contributed by atoms with Crippen LogP contribution >= 0.6 is 0 Å². The van der Waals surface area contributed by atoms with Gasteiger partial charge in [-0.3, -0.25) is 29.4 Å². The Kier molecular flexibility index (Phi) is 11.5. The highest BCUT2D eigenvalue weighted by Crippen LogP contribution is 2.34. The van der Waals surface area contributed by atoms with Crippen molar-refractivity contribution in [3.05, 3.63) is 83.3 Å². The van der Waals surface area contributed by atoms with Gasteiger partial charge in [-0.2, -0.15) is 13.2 Å². The van der Waals surface area contributed by atoms with Gasteiger partial charge < -0.3 is 24.7 Å². The molecule has 0 aliphatic carbocycles. The Balaban J connectivity index is 0.915. The Morgan fingerprint density at radius 2 is 1.68 bits per heavy atom. The number of imidazole rings is 1. The molecule has 302 valence electrons. The molecule has 0 radical (unpaired) electrons. The van der Waals surface area contributed by atoms with E-state index in [1.54, 1.807) is 28.8 Å². The predicted molar refractivity (Wildman–Crippen MR) is 201 cm³/mol. The molecular formula is C40H44F4N8O5. The van der Waals surface area contributed by atoms with E-state index in [4.69, 9.17) is 9.72 Å². The lowest BCUT2D eigenvalue weighted by atomic mass is 9.88. The van der Waals surface area contributed by atoms with E-state index in [1.165, 1.54) is 12.1 Å². The fraction of sp³-hybridized carbons (Fsp3) is 0.450. The number of pyridine rings is 2. The molecule has 3 aliphatic rings. The van der Waals surface area contributed by atoms with Crippen molar-refractivity contribution in [3.63, 3.8) is 0 Å². The van der Waals surface area contributed by atoms with E-state index in [0.717, 1.165) is 30.7 Å². The van der Waals surface area contributed by atoms with Crippen LogP contribution in [0.3, 0.4) is 0 Å². The fourth-order valence-corrected chi connectivity index (χ4v) is 7.68. The van der Waals surface area contributed by atoms with E-state index < -0.39 is 29.7 Å². The molecule has 13 nitrogen and oxygen atoms in total. The number of aromatic nitrogens is 3. The van der Waals surface area contributed by atoms with E-state index >= 15 is 4.39 Å². The van der Waals surface area contributed by atoms with Crippen LogP contribution in [0.1, 0.15) is 91.6 Å². The van der Waals surface area contributed by atoms with Crippen molar-refractivity contribution in [1.29, 1.82) is 0 Å². The molecule has 6 heterocycles. The van der Waals surface area contributed by atoms with Gasteiger partial charge in [0.15, 0.2) is 0 Å². The number of carbonyl (C=O) groups is 4. The highest BCUT2D eigenvalue weighted by Gasteiger charge is 2.34. The summed E-state index contributed by atoms with van der Waals surface area (Å²) in [7, 11) is 0. The minimum absolute atomic E-state index is 0.0346. The zero-order valence-corrected chi connectivity index (χ0v) is 31.6. The van der Waals surface area contributed by atoms with Crippen LogP contribution in [-0.2, 0) is 20.6 Å². The maximum atomic E-state index is 15.2. The van der Waals surface area contributed by atoms with Crippen molar-refractivity contribution >= 4 is 40.7 Å². The minimum atomic E-state index is -4.69. The summed E-state index contributed by atoms with van der Waals surface area (Å²) in [6.07, 6.45) is 1.92. The number of ether oxygens (including phenoxy) is 1. The molecule has 3 aromatic heterocycles. The number of imide groups is 1. The molecule has 1 unspecified atom stereocenters. The molecule has 0 bridgehead atoms. The van der Waals surface area contributed by atoms with Gasteiger partial charge in [0, 0.05) is 49.6 Å². The average molecular weight is 793 g/mol. The summed E-state index contributed by atoms with van der Waals surface area (Å²) in [6, 6.07) is 9.09. The highest BCUT2D eigenvalue weighted by molar-refractivity contribution is 6.04. The van der Waals surface area contributed by atoms with E-state index in [-0.39, 0.29) is 59.9 Å². The number of carbonyl (C=O) groups excluding carboxylic acids is 4. The quantitative estimate of drug-likeness (QED) is 0.135. The van der Waals surface area contributed by atoms with Gasteiger partial charge in [0.1, 0.15) is 40.3 Å². The number of fused-ring (bicyclic) bond motifs is 1. The number of alkyl halides is 3. The van der Waals surface area contributed by atoms with Crippen LogP contribution in [-0.4, -0.2) is 92.7 Å². The molecule has 3 fully saturated rings. The summed E-state index contributed by atoms with van der Waals surface area (Å²) >= 11 is 0. The molecule has 3 N–H and O–H groups in total. The monoisotopic (exact) mass is 792 g/mol. The van der Waals surface area contributed by atoms with Gasteiger partial charge in [-0.05, 0) is 94.8 Å². The Hall–Kier alpha value is -5.58. The Morgan fingerprint density at radius 1 is 0.947 bits per heavy atom. The SMILES string of the molecule is CC(C)Oc1cc2nc(C3CCN(CC(=O)N4CCC(c5ccc(NC6CCC(=O)NC6=O)cc5F)CC4)CC3)cn2cc1NC(=O)c1cccc(C(F)(F)F)n1. The first kappa shape index (κ1) is 39.6. The standard InChI is InChI=1S/C40H44F4N8O5/c1-23(2)57-33-19-35-47-31(20-52(35)21-32(33)48-38(55)29-4-3-5-34(46-29)40(42,43)44)25-10-14-50(15-11-25)22-37(54)51-16-12-24(13-17-51)27-7-6-26(18-28(27)41)45-30-8-9-36(53)49-39(30)56/h3-7,18-21,23-25,30,45H,8-17,22H2,1-2H3,(H,48,55)(H,49,53,56). The lowest BCUT2D eigenvalue weighted by Crippen LogP contribution is -2.47. The molecule has 3 aliphatic heterocycles. The Bertz CT molecular complexity index is 2160. The molecular weight excluding hydrogens is 748 g/mol. The molecule has 0 spiro atoms. The summed E-state index contributed by atoms with van der Waals surface area (Å²) < 4.78 is 62.6. The van der Waals surface area contributed by atoms with Gasteiger partial charge >= 0.3 is 6.18 Å². The number of piperidine rings is 3. The Labute approximate surface area is 326 Å². The smallest absolute Gasteiger partial charge is 0.433 e. The van der Waals surface area contributed by atoms with Crippen molar-refractivity contribution < 1.29 is 41.5 Å². The largest absolute Gasteiger partial charge is 0.489 e. The molecule has 57 heavy (non-hydrogen) atoms. The van der Waals surface area contributed by atoms with Crippen LogP contribution in [0.15, 0.2) is 54.9 Å². The van der Waals surface area contributed by atoms with Gasteiger partial charge in [0.05, 0.1) is 18.3 Å². The molecule has 1 atom stereocenters. The van der Waals surface area contributed by atoms with Gasteiger partial charge in [0.25, 0.3) is 5.91 Å². The Morgan fingerprint density at radius 3 is 2.37 bits per heavy atom. The molecule has 0 saturated carbocycles. The number of rotatable bonds is 10. The zero-order valence-electron chi connectivity index (χ0n) is 31.6. The summed E-state index contributed by atoms with van der Waals surface area (Å²) in [6.45, 7) is 6.36. The van der Waals surface area contributed by atoms with E-state index in [1.807, 2.05) is 24.9 Å². The second-order valence-corrected chi connectivity index (χ2v) is 15.1. The maximum Gasteiger partial charge on any atom is 0.433 e. The number of amides is 4. The van der Waals surface area contributed by atoms with Gasteiger partial charge in [-0.25, -0.2) is 14.4 Å². The van der Waals surface area contributed by atoms with Crippen molar-refractivity contribution in [2.75, 3.05) is 43.4 Å². The number of hydrogen-bond acceptors (Lipinski definition) is 9. The average Bonchev–Trinajstić information content (AvgIpc) is 3.59. The molecule has 7 rings (SSSR count). The molecule has 1 aromatic carbocycles. The third-order valence-corrected chi connectivity index (χ3v) is 10.7. The van der Waals surface area contributed by atoms with Crippen LogP contribution in [0.4, 0.5) is 28.9 Å². The van der Waals surface area contributed by atoms with E-state index in [9.17, 15) is 32.3 Å². The first-order chi connectivity index (χ1) is 27.2. The second-order valence-electron chi connectivity index (χ2n) is 15.1. The number of nitrogens with one attached hydrogen (secondary N) is 3. The third-order valence-electron chi connectivity index (χ3n) is 10.7. The van der Waals surface area contributed by atoms with Gasteiger partial charge in [-0.15, -0.1) is 0 Å². The van der Waals surface area contributed by atoms with Crippen LogP contribution in [0, 0.1) is 5.82 Å². The summed E-state index contributed by atoms with van der Waals surface area (Å²) in [5, 5.41) is 7.96. The molecule has 4 aromatic rings. The van der Waals surface area contributed by atoms with Crippen LogP contribution in [0.2, 0.25) is 0 Å². The number of nitrogens with zero attached hydrogens (tertiary/aromatic N) is 5. The van der Waals surface area contributed by atoms with Crippen molar-refractivity contribution in [1.82, 2.24) is 29.5 Å². The topological polar surface area (TPSA) is 150 Å². The molecule has 3 saturated heterocycles. The minimum Gasteiger partial charge on any atom is -0.489 e. The van der Waals surface area contributed by atoms with Crippen molar-refractivity contribution in [2.45, 2.75) is 82.5 Å². The van der Waals surface area contributed by atoms with Gasteiger partial charge in [-0.1, -0.05) is 12.1 Å². The van der Waals surface area contributed by atoms with Crippen LogP contribution < -0.4 is 20.7 Å². The third kappa shape index (κ3) is 9.35. The summed E-state index contributed by atoms with van der Waals surface area (Å²) in [5.74, 6) is -1.48.